The first-order valence-corrected chi connectivity index (χ1v) is 5.56. The average molecular weight is 198 g/mol. The molecule has 0 radical (unpaired) electrons. The molecule has 0 bridgehead atoms. The fraction of sp³-hybridized carbons (Fsp3) is 0.909. The highest BCUT2D eigenvalue weighted by molar-refractivity contribution is 5.79. The molecule has 0 aromatic rings. The fourth-order valence-corrected chi connectivity index (χ4v) is 1.51. The molecule has 1 fully saturated rings. The molecule has 1 aliphatic carbocycles. The van der Waals surface area contributed by atoms with Crippen LogP contribution in [0.15, 0.2) is 0 Å². The normalized spacial score (nSPS) is 22.6. The Balaban J connectivity index is 2.31. The van der Waals surface area contributed by atoms with Crippen molar-refractivity contribution < 1.29 is 4.79 Å². The van der Waals surface area contributed by atoms with Crippen molar-refractivity contribution in [1.29, 1.82) is 0 Å². The van der Waals surface area contributed by atoms with E-state index in [4.69, 9.17) is 5.73 Å². The van der Waals surface area contributed by atoms with Crippen LogP contribution in [-0.4, -0.2) is 18.5 Å². The molecule has 14 heavy (non-hydrogen) atoms. The lowest BCUT2D eigenvalue weighted by molar-refractivity contribution is -0.126. The first-order chi connectivity index (χ1) is 6.56. The Morgan fingerprint density at radius 1 is 1.43 bits per heavy atom. The average Bonchev–Trinajstić information content (AvgIpc) is 2.98. The van der Waals surface area contributed by atoms with E-state index in [1.165, 1.54) is 12.8 Å². The van der Waals surface area contributed by atoms with Gasteiger partial charge in [-0.3, -0.25) is 4.79 Å². The van der Waals surface area contributed by atoms with Crippen LogP contribution >= 0.6 is 0 Å². The molecular formula is C11H22N2O. The Morgan fingerprint density at radius 3 is 2.43 bits per heavy atom. The first-order valence-electron chi connectivity index (χ1n) is 5.56. The molecule has 3 N–H and O–H groups in total. The second-order valence-electron chi connectivity index (χ2n) is 4.64. The highest BCUT2D eigenvalue weighted by atomic mass is 16.1. The Kier molecular flexibility index (Phi) is 3.93. The first kappa shape index (κ1) is 11.5. The Labute approximate surface area is 86.4 Å². The number of nitrogens with one attached hydrogen (secondary N) is 1. The van der Waals surface area contributed by atoms with Crippen molar-refractivity contribution in [2.75, 3.05) is 6.54 Å². The Hall–Kier alpha value is -0.570. The van der Waals surface area contributed by atoms with E-state index in [9.17, 15) is 4.79 Å². The quantitative estimate of drug-likeness (QED) is 0.696. The van der Waals surface area contributed by atoms with E-state index in [-0.39, 0.29) is 17.9 Å². The van der Waals surface area contributed by atoms with Crippen molar-refractivity contribution in [1.82, 2.24) is 5.32 Å². The van der Waals surface area contributed by atoms with Crippen molar-refractivity contribution in [2.24, 2.45) is 23.5 Å². The maximum atomic E-state index is 11.7. The molecule has 1 aliphatic rings. The molecule has 1 saturated carbocycles. The zero-order valence-corrected chi connectivity index (χ0v) is 9.42. The largest absolute Gasteiger partial charge is 0.353 e. The summed E-state index contributed by atoms with van der Waals surface area (Å²) in [4.78, 5) is 11.7. The van der Waals surface area contributed by atoms with Crippen LogP contribution in [0.2, 0.25) is 0 Å². The monoisotopic (exact) mass is 198 g/mol. The zero-order valence-electron chi connectivity index (χ0n) is 9.42. The van der Waals surface area contributed by atoms with Gasteiger partial charge in [-0.25, -0.2) is 0 Å². The molecule has 0 heterocycles. The van der Waals surface area contributed by atoms with E-state index in [0.29, 0.717) is 18.4 Å². The molecule has 3 atom stereocenters. The Morgan fingerprint density at radius 2 is 2.00 bits per heavy atom. The third kappa shape index (κ3) is 2.98. The molecular weight excluding hydrogens is 176 g/mol. The molecule has 0 aliphatic heterocycles. The van der Waals surface area contributed by atoms with Gasteiger partial charge in [0, 0.05) is 12.0 Å². The lowest BCUT2D eigenvalue weighted by atomic mass is 10.0. The summed E-state index contributed by atoms with van der Waals surface area (Å²) in [6.07, 6.45) is 2.44. The lowest BCUT2D eigenvalue weighted by Crippen LogP contribution is -2.42. The number of hydrogen-bond donors (Lipinski definition) is 2. The van der Waals surface area contributed by atoms with Gasteiger partial charge in [0.1, 0.15) is 0 Å². The van der Waals surface area contributed by atoms with Crippen molar-refractivity contribution in [3.05, 3.63) is 0 Å². The molecule has 0 aromatic heterocycles. The second-order valence-corrected chi connectivity index (χ2v) is 4.64. The highest BCUT2D eigenvalue weighted by Crippen LogP contribution is 2.36. The number of nitrogens with two attached hydrogens (primary N) is 1. The molecule has 82 valence electrons. The number of rotatable bonds is 5. The third-order valence-corrected chi connectivity index (χ3v) is 3.34. The van der Waals surface area contributed by atoms with Gasteiger partial charge in [-0.05, 0) is 38.1 Å². The maximum absolute atomic E-state index is 11.7. The van der Waals surface area contributed by atoms with E-state index < -0.39 is 0 Å². The zero-order chi connectivity index (χ0) is 10.7. The summed E-state index contributed by atoms with van der Waals surface area (Å²) in [5.41, 5.74) is 5.55. The van der Waals surface area contributed by atoms with Gasteiger partial charge in [-0.2, -0.15) is 0 Å². The van der Waals surface area contributed by atoms with Crippen LogP contribution in [-0.2, 0) is 4.79 Å². The second kappa shape index (κ2) is 4.78. The molecule has 1 rings (SSSR count). The minimum Gasteiger partial charge on any atom is -0.353 e. The van der Waals surface area contributed by atoms with Crippen molar-refractivity contribution >= 4 is 5.91 Å². The maximum Gasteiger partial charge on any atom is 0.223 e. The summed E-state index contributed by atoms with van der Waals surface area (Å²) in [7, 11) is 0. The number of amides is 1. The van der Waals surface area contributed by atoms with E-state index in [1.54, 1.807) is 0 Å². The summed E-state index contributed by atoms with van der Waals surface area (Å²) in [5, 5.41) is 3.03. The van der Waals surface area contributed by atoms with Gasteiger partial charge in [0.05, 0.1) is 0 Å². The molecule has 0 aromatic carbocycles. The van der Waals surface area contributed by atoms with Gasteiger partial charge in [-0.15, -0.1) is 0 Å². The van der Waals surface area contributed by atoms with E-state index >= 15 is 0 Å². The minimum atomic E-state index is 0.183. The van der Waals surface area contributed by atoms with Crippen LogP contribution < -0.4 is 11.1 Å². The van der Waals surface area contributed by atoms with Gasteiger partial charge in [0.25, 0.3) is 0 Å². The van der Waals surface area contributed by atoms with Gasteiger partial charge in [0.2, 0.25) is 5.91 Å². The number of carbonyl (C=O) groups is 1. The molecule has 3 nitrogen and oxygen atoms in total. The van der Waals surface area contributed by atoms with E-state index in [0.717, 1.165) is 0 Å². The standard InChI is InChI=1S/C11H22N2O/c1-7(6-12)9(3)13-11(14)8(2)10-4-5-10/h7-10H,4-6,12H2,1-3H3,(H,13,14). The third-order valence-electron chi connectivity index (χ3n) is 3.34. The molecule has 0 saturated heterocycles. The SMILES string of the molecule is CC(CN)C(C)NC(=O)C(C)C1CC1. The summed E-state index contributed by atoms with van der Waals surface area (Å²) < 4.78 is 0. The highest BCUT2D eigenvalue weighted by Gasteiger charge is 2.33. The molecule has 0 spiro atoms. The number of hydrogen-bond acceptors (Lipinski definition) is 2. The number of carbonyl (C=O) groups excluding carboxylic acids is 1. The fourth-order valence-electron chi connectivity index (χ4n) is 1.51. The van der Waals surface area contributed by atoms with Gasteiger partial charge >= 0.3 is 0 Å². The van der Waals surface area contributed by atoms with Crippen LogP contribution in [0.1, 0.15) is 33.6 Å². The summed E-state index contributed by atoms with van der Waals surface area (Å²) in [6, 6.07) is 0.189. The minimum absolute atomic E-state index is 0.183. The molecule has 3 heteroatoms. The summed E-state index contributed by atoms with van der Waals surface area (Å²) in [5.74, 6) is 1.36. The molecule has 3 unspecified atom stereocenters. The predicted molar refractivity (Wildman–Crippen MR) is 57.7 cm³/mol. The summed E-state index contributed by atoms with van der Waals surface area (Å²) in [6.45, 7) is 6.73. The van der Waals surface area contributed by atoms with Crippen LogP contribution in [0.25, 0.3) is 0 Å². The van der Waals surface area contributed by atoms with E-state index in [1.807, 2.05) is 13.8 Å². The van der Waals surface area contributed by atoms with Crippen LogP contribution in [0.3, 0.4) is 0 Å². The lowest BCUT2D eigenvalue weighted by Gasteiger charge is -2.21. The van der Waals surface area contributed by atoms with Gasteiger partial charge in [-0.1, -0.05) is 13.8 Å². The Bertz CT molecular complexity index is 201. The predicted octanol–water partition coefficient (Wildman–Crippen LogP) is 1.13. The van der Waals surface area contributed by atoms with Gasteiger partial charge in [0.15, 0.2) is 0 Å². The van der Waals surface area contributed by atoms with Crippen LogP contribution in [0, 0.1) is 17.8 Å². The topological polar surface area (TPSA) is 55.1 Å². The van der Waals surface area contributed by atoms with Gasteiger partial charge < -0.3 is 11.1 Å². The van der Waals surface area contributed by atoms with Crippen LogP contribution in [0.4, 0.5) is 0 Å². The molecule has 1 amide bonds. The van der Waals surface area contributed by atoms with Crippen LogP contribution in [0.5, 0.6) is 0 Å². The smallest absolute Gasteiger partial charge is 0.223 e. The van der Waals surface area contributed by atoms with Crippen molar-refractivity contribution in [3.63, 3.8) is 0 Å². The van der Waals surface area contributed by atoms with E-state index in [2.05, 4.69) is 12.2 Å². The van der Waals surface area contributed by atoms with Crippen molar-refractivity contribution in [3.8, 4) is 0 Å². The summed E-state index contributed by atoms with van der Waals surface area (Å²) >= 11 is 0. The van der Waals surface area contributed by atoms with Crippen molar-refractivity contribution in [2.45, 2.75) is 39.7 Å².